The Morgan fingerprint density at radius 1 is 1.15 bits per heavy atom. The maximum absolute atomic E-state index is 12.7. The molecule has 3 heterocycles. The number of fused-ring (bicyclic) bond motifs is 1. The standard InChI is InChI=1S/C18H27N5O3/c1-11-6-12(2)8-22(7-11)10-14-19-16-15(23(14)9-13(3)24)17(25)21(5)18(26)20(16)4/h11-12H,6-10H2,1-5H3/p+1/t11-,12+. The largest absolute Gasteiger partial charge is 0.332 e. The van der Waals surface area contributed by atoms with Crippen LogP contribution in [0.4, 0.5) is 0 Å². The molecule has 1 fully saturated rings. The fourth-order valence-electron chi connectivity index (χ4n) is 4.31. The van der Waals surface area contributed by atoms with Gasteiger partial charge in [-0.25, -0.2) is 9.78 Å². The highest BCUT2D eigenvalue weighted by atomic mass is 16.2. The van der Waals surface area contributed by atoms with Crippen molar-refractivity contribution in [2.45, 2.75) is 40.3 Å². The minimum absolute atomic E-state index is 0.0446. The molecular weight excluding hydrogens is 334 g/mol. The van der Waals surface area contributed by atoms with Crippen LogP contribution in [0.15, 0.2) is 9.59 Å². The van der Waals surface area contributed by atoms with Crippen molar-refractivity contribution in [3.8, 4) is 0 Å². The lowest BCUT2D eigenvalue weighted by molar-refractivity contribution is -0.926. The third-order valence-electron chi connectivity index (χ3n) is 5.29. The summed E-state index contributed by atoms with van der Waals surface area (Å²) in [7, 11) is 3.06. The summed E-state index contributed by atoms with van der Waals surface area (Å²) in [5.74, 6) is 1.93. The first-order valence-corrected chi connectivity index (χ1v) is 9.17. The summed E-state index contributed by atoms with van der Waals surface area (Å²) in [5.41, 5.74) is -0.128. The number of carbonyl (C=O) groups excluding carboxylic acids is 1. The average Bonchev–Trinajstić information content (AvgIpc) is 2.88. The Bertz CT molecular complexity index is 958. The number of nitrogens with one attached hydrogen (secondary N) is 1. The number of imidazole rings is 1. The molecule has 0 radical (unpaired) electrons. The molecule has 1 aliphatic rings. The van der Waals surface area contributed by atoms with Crippen LogP contribution < -0.4 is 16.1 Å². The Hall–Kier alpha value is -2.22. The second kappa shape index (κ2) is 6.83. The molecule has 2 aromatic heterocycles. The van der Waals surface area contributed by atoms with Gasteiger partial charge in [0, 0.05) is 25.9 Å². The second-order valence-electron chi connectivity index (χ2n) is 7.98. The Labute approximate surface area is 152 Å². The first-order chi connectivity index (χ1) is 12.2. The number of likely N-dealkylation sites (tertiary alicyclic amines) is 1. The van der Waals surface area contributed by atoms with Gasteiger partial charge in [0.2, 0.25) is 0 Å². The van der Waals surface area contributed by atoms with Gasteiger partial charge in [0.1, 0.15) is 12.3 Å². The van der Waals surface area contributed by atoms with Crippen molar-refractivity contribution in [1.29, 1.82) is 0 Å². The van der Waals surface area contributed by atoms with Crippen LogP contribution in [0.25, 0.3) is 11.2 Å². The Morgan fingerprint density at radius 2 is 1.77 bits per heavy atom. The number of piperidine rings is 1. The van der Waals surface area contributed by atoms with E-state index in [1.807, 2.05) is 0 Å². The maximum atomic E-state index is 12.7. The molecule has 8 nitrogen and oxygen atoms in total. The summed E-state index contributed by atoms with van der Waals surface area (Å²) < 4.78 is 4.16. The van der Waals surface area contributed by atoms with Crippen LogP contribution in [0.5, 0.6) is 0 Å². The number of aryl methyl sites for hydroxylation is 1. The molecule has 0 spiro atoms. The molecule has 8 heteroatoms. The van der Waals surface area contributed by atoms with Crippen molar-refractivity contribution < 1.29 is 9.69 Å². The van der Waals surface area contributed by atoms with E-state index < -0.39 is 11.2 Å². The molecule has 0 aliphatic carbocycles. The quantitative estimate of drug-likeness (QED) is 0.763. The predicted molar refractivity (Wildman–Crippen MR) is 98.2 cm³/mol. The highest BCUT2D eigenvalue weighted by molar-refractivity contribution is 5.79. The number of hydrogen-bond donors (Lipinski definition) is 1. The molecule has 0 bridgehead atoms. The van der Waals surface area contributed by atoms with E-state index in [0.29, 0.717) is 35.4 Å². The summed E-state index contributed by atoms with van der Waals surface area (Å²) in [6, 6.07) is 0. The van der Waals surface area contributed by atoms with Gasteiger partial charge >= 0.3 is 5.69 Å². The molecular formula is C18H28N5O3+. The van der Waals surface area contributed by atoms with Gasteiger partial charge in [-0.05, 0) is 13.3 Å². The van der Waals surface area contributed by atoms with Crippen molar-refractivity contribution in [2.75, 3.05) is 13.1 Å². The van der Waals surface area contributed by atoms with Crippen LogP contribution in [-0.4, -0.2) is 37.6 Å². The van der Waals surface area contributed by atoms with E-state index >= 15 is 0 Å². The zero-order valence-electron chi connectivity index (χ0n) is 16.2. The predicted octanol–water partition coefficient (Wildman–Crippen LogP) is -0.916. The first kappa shape index (κ1) is 18.6. The number of rotatable bonds is 4. The summed E-state index contributed by atoms with van der Waals surface area (Å²) in [6.07, 6.45) is 1.22. The van der Waals surface area contributed by atoms with Crippen LogP contribution in [0.3, 0.4) is 0 Å². The third kappa shape index (κ3) is 3.25. The van der Waals surface area contributed by atoms with E-state index in [0.717, 1.165) is 17.7 Å². The smallest absolute Gasteiger partial charge is 0.328 e. The molecule has 0 saturated carbocycles. The second-order valence-corrected chi connectivity index (χ2v) is 7.98. The van der Waals surface area contributed by atoms with E-state index in [1.165, 1.54) is 29.9 Å². The molecule has 142 valence electrons. The van der Waals surface area contributed by atoms with E-state index in [4.69, 9.17) is 0 Å². The summed E-state index contributed by atoms with van der Waals surface area (Å²) in [5, 5.41) is 0. The zero-order chi connectivity index (χ0) is 19.2. The van der Waals surface area contributed by atoms with Gasteiger partial charge in [-0.3, -0.25) is 18.7 Å². The molecule has 26 heavy (non-hydrogen) atoms. The summed E-state index contributed by atoms with van der Waals surface area (Å²) >= 11 is 0. The molecule has 1 N–H and O–H groups in total. The lowest BCUT2D eigenvalue weighted by Gasteiger charge is -2.31. The molecule has 2 aromatic rings. The number of carbonyl (C=O) groups is 1. The Kier molecular flexibility index (Phi) is 4.88. The van der Waals surface area contributed by atoms with Gasteiger partial charge in [-0.2, -0.15) is 0 Å². The third-order valence-corrected chi connectivity index (χ3v) is 5.29. The van der Waals surface area contributed by atoms with Gasteiger partial charge in [-0.15, -0.1) is 0 Å². The van der Waals surface area contributed by atoms with E-state index in [-0.39, 0.29) is 12.3 Å². The molecule has 1 unspecified atom stereocenters. The lowest BCUT2D eigenvalue weighted by atomic mass is 9.92. The summed E-state index contributed by atoms with van der Waals surface area (Å²) in [4.78, 5) is 42.7. The van der Waals surface area contributed by atoms with E-state index in [1.54, 1.807) is 11.6 Å². The van der Waals surface area contributed by atoms with E-state index in [9.17, 15) is 14.4 Å². The molecule has 1 aliphatic heterocycles. The monoisotopic (exact) mass is 362 g/mol. The number of hydrogen-bond acceptors (Lipinski definition) is 4. The van der Waals surface area contributed by atoms with Crippen molar-refractivity contribution in [3.05, 3.63) is 26.7 Å². The van der Waals surface area contributed by atoms with Gasteiger partial charge in [-0.1, -0.05) is 13.8 Å². The van der Waals surface area contributed by atoms with E-state index in [2.05, 4.69) is 18.8 Å². The van der Waals surface area contributed by atoms with Crippen LogP contribution >= 0.6 is 0 Å². The molecule has 1 saturated heterocycles. The maximum Gasteiger partial charge on any atom is 0.332 e. The van der Waals surface area contributed by atoms with Crippen LogP contribution in [0.2, 0.25) is 0 Å². The van der Waals surface area contributed by atoms with Crippen molar-refractivity contribution in [3.63, 3.8) is 0 Å². The number of nitrogens with zero attached hydrogens (tertiary/aromatic N) is 4. The van der Waals surface area contributed by atoms with Gasteiger partial charge in [0.15, 0.2) is 17.0 Å². The van der Waals surface area contributed by atoms with Crippen LogP contribution in [-0.2, 0) is 32.0 Å². The van der Waals surface area contributed by atoms with Crippen molar-refractivity contribution >= 4 is 16.9 Å². The normalized spacial score (nSPS) is 23.5. The SMILES string of the molecule is CC(=O)Cn1c(C[NH+]2C[C@H](C)C[C@H](C)C2)nc2c1c(=O)n(C)c(=O)n2C. The molecule has 3 atom stereocenters. The highest BCUT2D eigenvalue weighted by Gasteiger charge is 2.28. The van der Waals surface area contributed by atoms with Crippen LogP contribution in [0.1, 0.15) is 33.0 Å². The number of Topliss-reactive ketones (excluding diaryl/α,β-unsaturated/α-hetero) is 1. The minimum atomic E-state index is -0.408. The first-order valence-electron chi connectivity index (χ1n) is 9.17. The fraction of sp³-hybridized carbons (Fsp3) is 0.667. The average molecular weight is 362 g/mol. The van der Waals surface area contributed by atoms with Crippen molar-refractivity contribution in [1.82, 2.24) is 18.7 Å². The topological polar surface area (TPSA) is 83.3 Å². The Balaban J connectivity index is 2.14. The molecule has 3 rings (SSSR count). The van der Waals surface area contributed by atoms with Gasteiger partial charge < -0.3 is 9.47 Å². The lowest BCUT2D eigenvalue weighted by Crippen LogP contribution is -3.13. The zero-order valence-corrected chi connectivity index (χ0v) is 16.2. The molecule has 0 aromatic carbocycles. The Morgan fingerprint density at radius 3 is 2.35 bits per heavy atom. The highest BCUT2D eigenvalue weighted by Crippen LogP contribution is 2.14. The summed E-state index contributed by atoms with van der Waals surface area (Å²) in [6.45, 7) is 8.85. The minimum Gasteiger partial charge on any atom is -0.328 e. The molecule has 0 amide bonds. The van der Waals surface area contributed by atoms with Crippen LogP contribution in [0, 0.1) is 11.8 Å². The number of quaternary nitrogens is 1. The van der Waals surface area contributed by atoms with Crippen molar-refractivity contribution in [2.24, 2.45) is 25.9 Å². The fourth-order valence-corrected chi connectivity index (χ4v) is 4.31. The van der Waals surface area contributed by atoms with Gasteiger partial charge in [0.05, 0.1) is 19.6 Å². The number of ketones is 1. The van der Waals surface area contributed by atoms with Gasteiger partial charge in [0.25, 0.3) is 5.56 Å². The number of aromatic nitrogens is 4.